The molecule has 1 N–H and O–H groups in total. The van der Waals surface area contributed by atoms with Gasteiger partial charge in [0.15, 0.2) is 5.78 Å². The second kappa shape index (κ2) is 7.37. The minimum Gasteiger partial charge on any atom is -0.380 e. The topological polar surface area (TPSA) is 37.3 Å². The first-order valence-corrected chi connectivity index (χ1v) is 9.25. The fraction of sp³-hybridized carbons (Fsp3) is 0.348. The number of hydrogen-bond acceptors (Lipinski definition) is 2. The Morgan fingerprint density at radius 2 is 1.52 bits per heavy atom. The van der Waals surface area contributed by atoms with Gasteiger partial charge in [-0.05, 0) is 24.0 Å². The highest BCUT2D eigenvalue weighted by atomic mass is 16.3. The van der Waals surface area contributed by atoms with Gasteiger partial charge in [-0.2, -0.15) is 0 Å². The van der Waals surface area contributed by atoms with Crippen LogP contribution in [0.2, 0.25) is 0 Å². The summed E-state index contributed by atoms with van der Waals surface area (Å²) in [5.41, 5.74) is 2.12. The minimum atomic E-state index is -1.25. The van der Waals surface area contributed by atoms with Gasteiger partial charge in [0.2, 0.25) is 0 Å². The summed E-state index contributed by atoms with van der Waals surface area (Å²) < 4.78 is 0. The Morgan fingerprint density at radius 3 is 2.08 bits per heavy atom. The molecular formula is C23H26O2. The van der Waals surface area contributed by atoms with Gasteiger partial charge in [0.1, 0.15) is 5.60 Å². The van der Waals surface area contributed by atoms with Gasteiger partial charge in [0, 0.05) is 11.1 Å². The number of carbonyl (C=O) groups excluding carboxylic acids is 1. The second-order valence-corrected chi connectivity index (χ2v) is 6.81. The Bertz CT molecular complexity index is 761. The molecule has 1 aliphatic carbocycles. The lowest BCUT2D eigenvalue weighted by Crippen LogP contribution is -2.35. The standard InChI is InChI=1S/C23H26O2/c1-3-11-19-21(17-13-7-5-8-14-17)23(25,18-15-9-6-10-16-18)20(12-4-2)22(19)24/h5-10,13-16,20,25H,3-4,11-12H2,1-2H3/t20-,23-/m1/s1. The van der Waals surface area contributed by atoms with Gasteiger partial charge in [-0.1, -0.05) is 87.4 Å². The molecule has 0 aliphatic heterocycles. The molecule has 2 aromatic carbocycles. The molecule has 0 saturated heterocycles. The van der Waals surface area contributed by atoms with E-state index in [1.165, 1.54) is 0 Å². The number of Topliss-reactive ketones (excluding diaryl/α,β-unsaturated/α-hetero) is 1. The Balaban J connectivity index is 2.27. The van der Waals surface area contributed by atoms with E-state index >= 15 is 0 Å². The van der Waals surface area contributed by atoms with Crippen LogP contribution in [0.25, 0.3) is 5.57 Å². The van der Waals surface area contributed by atoms with E-state index in [1.54, 1.807) is 0 Å². The zero-order valence-corrected chi connectivity index (χ0v) is 15.0. The third-order valence-electron chi connectivity index (χ3n) is 5.15. The maximum absolute atomic E-state index is 13.2. The van der Waals surface area contributed by atoms with Gasteiger partial charge >= 0.3 is 0 Å². The highest BCUT2D eigenvalue weighted by molar-refractivity contribution is 6.11. The maximum Gasteiger partial charge on any atom is 0.165 e. The number of hydrogen-bond donors (Lipinski definition) is 1. The largest absolute Gasteiger partial charge is 0.380 e. The predicted molar refractivity (Wildman–Crippen MR) is 102 cm³/mol. The quantitative estimate of drug-likeness (QED) is 0.795. The van der Waals surface area contributed by atoms with Gasteiger partial charge in [0.05, 0.1) is 5.92 Å². The molecule has 0 aromatic heterocycles. The summed E-state index contributed by atoms with van der Waals surface area (Å²) in [5.74, 6) is -0.287. The smallest absolute Gasteiger partial charge is 0.165 e. The Labute approximate surface area is 150 Å². The molecule has 0 spiro atoms. The normalized spacial score (nSPS) is 23.3. The average Bonchev–Trinajstić information content (AvgIpc) is 2.86. The van der Waals surface area contributed by atoms with Crippen molar-refractivity contribution in [3.05, 3.63) is 77.4 Å². The third kappa shape index (κ3) is 2.96. The summed E-state index contributed by atoms with van der Waals surface area (Å²) >= 11 is 0. The van der Waals surface area contributed by atoms with Crippen LogP contribution < -0.4 is 0 Å². The lowest BCUT2D eigenvalue weighted by Gasteiger charge is -2.33. The molecule has 2 aromatic rings. The molecule has 25 heavy (non-hydrogen) atoms. The molecule has 0 saturated carbocycles. The Kier molecular flexibility index (Phi) is 5.19. The molecule has 0 radical (unpaired) electrons. The van der Waals surface area contributed by atoms with Crippen molar-refractivity contribution < 1.29 is 9.90 Å². The van der Waals surface area contributed by atoms with Crippen LogP contribution in [-0.4, -0.2) is 10.9 Å². The summed E-state index contributed by atoms with van der Waals surface area (Å²) in [6, 6.07) is 19.6. The van der Waals surface area contributed by atoms with E-state index in [1.807, 2.05) is 60.7 Å². The van der Waals surface area contributed by atoms with E-state index in [9.17, 15) is 9.90 Å². The fourth-order valence-electron chi connectivity index (χ4n) is 4.09. The lowest BCUT2D eigenvalue weighted by atomic mass is 9.75. The minimum absolute atomic E-state index is 0.119. The molecule has 0 bridgehead atoms. The van der Waals surface area contributed by atoms with Crippen LogP contribution in [0.3, 0.4) is 0 Å². The van der Waals surface area contributed by atoms with E-state index in [2.05, 4.69) is 13.8 Å². The third-order valence-corrected chi connectivity index (χ3v) is 5.15. The van der Waals surface area contributed by atoms with Crippen LogP contribution in [-0.2, 0) is 10.4 Å². The molecule has 1 aliphatic rings. The monoisotopic (exact) mass is 334 g/mol. The van der Waals surface area contributed by atoms with Crippen LogP contribution in [0.5, 0.6) is 0 Å². The van der Waals surface area contributed by atoms with Crippen LogP contribution in [0, 0.1) is 5.92 Å². The second-order valence-electron chi connectivity index (χ2n) is 6.81. The van der Waals surface area contributed by atoms with E-state index in [4.69, 9.17) is 0 Å². The number of benzene rings is 2. The van der Waals surface area contributed by atoms with Crippen LogP contribution in [0.4, 0.5) is 0 Å². The predicted octanol–water partition coefficient (Wildman–Crippen LogP) is 5.13. The lowest BCUT2D eigenvalue weighted by molar-refractivity contribution is -0.124. The van der Waals surface area contributed by atoms with Crippen molar-refractivity contribution in [3.63, 3.8) is 0 Å². The molecule has 3 rings (SSSR count). The van der Waals surface area contributed by atoms with Gasteiger partial charge in [-0.3, -0.25) is 4.79 Å². The first-order chi connectivity index (χ1) is 12.1. The van der Waals surface area contributed by atoms with Crippen molar-refractivity contribution in [1.29, 1.82) is 0 Å². The Hall–Kier alpha value is -2.19. The zero-order chi connectivity index (χ0) is 17.9. The fourth-order valence-corrected chi connectivity index (χ4v) is 4.09. The molecule has 0 amide bonds. The summed E-state index contributed by atoms with van der Waals surface area (Å²) in [6.45, 7) is 4.15. The highest BCUT2D eigenvalue weighted by Crippen LogP contribution is 2.52. The molecule has 0 heterocycles. The van der Waals surface area contributed by atoms with Crippen LogP contribution >= 0.6 is 0 Å². The first kappa shape index (κ1) is 17.6. The van der Waals surface area contributed by atoms with E-state index in [0.717, 1.165) is 35.1 Å². The number of allylic oxidation sites excluding steroid dienone is 1. The molecular weight excluding hydrogens is 308 g/mol. The molecule has 2 atom stereocenters. The molecule has 130 valence electrons. The van der Waals surface area contributed by atoms with Gasteiger partial charge in [0.25, 0.3) is 0 Å². The molecule has 2 heteroatoms. The van der Waals surface area contributed by atoms with Crippen molar-refractivity contribution in [2.24, 2.45) is 5.92 Å². The number of carbonyl (C=O) groups is 1. The molecule has 0 unspecified atom stereocenters. The number of ketones is 1. The van der Waals surface area contributed by atoms with Gasteiger partial charge in [-0.25, -0.2) is 0 Å². The molecule has 0 fully saturated rings. The number of rotatable bonds is 6. The maximum atomic E-state index is 13.2. The molecule has 2 nitrogen and oxygen atoms in total. The number of aliphatic hydroxyl groups is 1. The highest BCUT2D eigenvalue weighted by Gasteiger charge is 2.52. The summed E-state index contributed by atoms with van der Waals surface area (Å²) in [6.07, 6.45) is 3.15. The van der Waals surface area contributed by atoms with E-state index < -0.39 is 11.5 Å². The Morgan fingerprint density at radius 1 is 0.920 bits per heavy atom. The first-order valence-electron chi connectivity index (χ1n) is 9.25. The summed E-state index contributed by atoms with van der Waals surface area (Å²) in [4.78, 5) is 13.2. The van der Waals surface area contributed by atoms with Crippen molar-refractivity contribution in [2.45, 2.75) is 45.1 Å². The average molecular weight is 334 g/mol. The summed E-state index contributed by atoms with van der Waals surface area (Å²) in [5, 5.41) is 12.0. The summed E-state index contributed by atoms with van der Waals surface area (Å²) in [7, 11) is 0. The van der Waals surface area contributed by atoms with Crippen molar-refractivity contribution in [2.75, 3.05) is 0 Å². The van der Waals surface area contributed by atoms with Crippen molar-refractivity contribution in [1.82, 2.24) is 0 Å². The van der Waals surface area contributed by atoms with E-state index in [0.29, 0.717) is 12.8 Å². The van der Waals surface area contributed by atoms with Crippen molar-refractivity contribution >= 4 is 11.4 Å². The van der Waals surface area contributed by atoms with Gasteiger partial charge in [-0.15, -0.1) is 0 Å². The SMILES string of the molecule is CCCC1=C(c2ccccc2)[C@@](O)(c2ccccc2)[C@H](CCC)C1=O. The van der Waals surface area contributed by atoms with Crippen LogP contribution in [0.15, 0.2) is 66.2 Å². The van der Waals surface area contributed by atoms with Crippen molar-refractivity contribution in [3.8, 4) is 0 Å². The zero-order valence-electron chi connectivity index (χ0n) is 15.0. The van der Waals surface area contributed by atoms with E-state index in [-0.39, 0.29) is 5.78 Å². The van der Waals surface area contributed by atoms with Gasteiger partial charge < -0.3 is 5.11 Å². The van der Waals surface area contributed by atoms with Crippen LogP contribution in [0.1, 0.15) is 50.7 Å².